The molecule has 0 saturated carbocycles. The van der Waals surface area contributed by atoms with Crippen LogP contribution in [0, 0.1) is 13.8 Å². The summed E-state index contributed by atoms with van der Waals surface area (Å²) < 4.78 is 16.7. The van der Waals surface area contributed by atoms with E-state index in [-0.39, 0.29) is 5.97 Å². The molecule has 1 heterocycles. The van der Waals surface area contributed by atoms with Crippen LogP contribution in [0.4, 0.5) is 0 Å². The van der Waals surface area contributed by atoms with E-state index >= 15 is 0 Å². The molecule has 0 saturated heterocycles. The van der Waals surface area contributed by atoms with Crippen LogP contribution in [-0.2, 0) is 29.0 Å². The zero-order valence-corrected chi connectivity index (χ0v) is 21.8. The van der Waals surface area contributed by atoms with Crippen molar-refractivity contribution in [2.75, 3.05) is 13.7 Å². The first-order chi connectivity index (χ1) is 17.5. The third-order valence-electron chi connectivity index (χ3n) is 6.05. The summed E-state index contributed by atoms with van der Waals surface area (Å²) in [6, 6.07) is 22.5. The minimum atomic E-state index is -0.199. The van der Waals surface area contributed by atoms with Crippen molar-refractivity contribution in [2.45, 2.75) is 39.7 Å². The molecule has 0 N–H and O–H groups in total. The Morgan fingerprint density at radius 1 is 0.889 bits per heavy atom. The summed E-state index contributed by atoms with van der Waals surface area (Å²) in [7, 11) is 1.41. The molecule has 1 aromatic heterocycles. The summed E-state index contributed by atoms with van der Waals surface area (Å²) in [5.74, 6) is 1.48. The molecule has 36 heavy (non-hydrogen) atoms. The molecule has 0 radical (unpaired) electrons. The van der Waals surface area contributed by atoms with Gasteiger partial charge in [-0.05, 0) is 78.4 Å². The van der Waals surface area contributed by atoms with Gasteiger partial charge in [-0.25, -0.2) is 4.98 Å². The summed E-state index contributed by atoms with van der Waals surface area (Å²) in [6.07, 6.45) is 1.90. The van der Waals surface area contributed by atoms with E-state index in [1.807, 2.05) is 42.8 Å². The van der Waals surface area contributed by atoms with Crippen molar-refractivity contribution in [2.24, 2.45) is 0 Å². The fraction of sp³-hybridized carbons (Fsp3) is 0.267. The minimum absolute atomic E-state index is 0.199. The fourth-order valence-corrected chi connectivity index (χ4v) is 4.74. The van der Waals surface area contributed by atoms with Crippen LogP contribution in [0.3, 0.4) is 0 Å². The molecule has 0 spiro atoms. The summed E-state index contributed by atoms with van der Waals surface area (Å²) in [4.78, 5) is 16.9. The second-order valence-electron chi connectivity index (χ2n) is 8.65. The van der Waals surface area contributed by atoms with Crippen molar-refractivity contribution in [3.63, 3.8) is 0 Å². The van der Waals surface area contributed by atoms with Crippen molar-refractivity contribution in [3.8, 4) is 22.6 Å². The van der Waals surface area contributed by atoms with E-state index in [0.29, 0.717) is 26.1 Å². The van der Waals surface area contributed by atoms with Gasteiger partial charge in [0.15, 0.2) is 0 Å². The molecule has 0 aliphatic heterocycles. The number of methoxy groups -OCH3 is 1. The zero-order valence-electron chi connectivity index (χ0n) is 21.0. The van der Waals surface area contributed by atoms with Crippen LogP contribution in [0.1, 0.15) is 33.7 Å². The fourth-order valence-electron chi connectivity index (χ4n) is 3.97. The Bertz CT molecular complexity index is 1300. The number of hydrogen-bond acceptors (Lipinski definition) is 6. The van der Waals surface area contributed by atoms with Crippen LogP contribution in [0.15, 0.2) is 72.2 Å². The van der Waals surface area contributed by atoms with E-state index in [1.165, 1.54) is 23.1 Å². The van der Waals surface area contributed by atoms with Gasteiger partial charge in [0.25, 0.3) is 0 Å². The highest BCUT2D eigenvalue weighted by molar-refractivity contribution is 7.09. The van der Waals surface area contributed by atoms with E-state index in [0.717, 1.165) is 40.3 Å². The number of carbonyl (C=O) groups excluding carboxylic acids is 1. The van der Waals surface area contributed by atoms with Gasteiger partial charge < -0.3 is 14.2 Å². The predicted octanol–water partition coefficient (Wildman–Crippen LogP) is 6.73. The Kier molecular flexibility index (Phi) is 8.74. The van der Waals surface area contributed by atoms with Gasteiger partial charge in [-0.2, -0.15) is 0 Å². The summed E-state index contributed by atoms with van der Waals surface area (Å²) in [5.41, 5.74) is 8.65. The monoisotopic (exact) mass is 501 g/mol. The molecule has 0 fully saturated rings. The van der Waals surface area contributed by atoms with Gasteiger partial charge in [-0.3, -0.25) is 4.79 Å². The molecule has 4 rings (SSSR count). The van der Waals surface area contributed by atoms with Gasteiger partial charge in [-0.15, -0.1) is 11.3 Å². The van der Waals surface area contributed by atoms with E-state index in [9.17, 15) is 4.79 Å². The Morgan fingerprint density at radius 3 is 2.42 bits per heavy atom. The Hall–Kier alpha value is -3.64. The quantitative estimate of drug-likeness (QED) is 0.213. The number of ether oxygens (including phenoxy) is 3. The van der Waals surface area contributed by atoms with Crippen molar-refractivity contribution >= 4 is 17.3 Å². The summed E-state index contributed by atoms with van der Waals surface area (Å²) >= 11 is 1.68. The lowest BCUT2D eigenvalue weighted by Gasteiger charge is -2.12. The lowest BCUT2D eigenvalue weighted by atomic mass is 9.99. The summed E-state index contributed by atoms with van der Waals surface area (Å²) in [5, 5.41) is 0. The second-order valence-corrected chi connectivity index (χ2v) is 9.58. The maximum Gasteiger partial charge on any atom is 0.305 e. The number of carbonyl (C=O) groups is 1. The van der Waals surface area contributed by atoms with Crippen molar-refractivity contribution < 1.29 is 19.0 Å². The average Bonchev–Trinajstić information content (AvgIpc) is 3.31. The van der Waals surface area contributed by atoms with Crippen LogP contribution in [0.5, 0.6) is 11.5 Å². The van der Waals surface area contributed by atoms with E-state index in [4.69, 9.17) is 14.2 Å². The summed E-state index contributed by atoms with van der Waals surface area (Å²) in [6.45, 7) is 5.27. The molecule has 0 unspecified atom stereocenters. The number of aromatic nitrogens is 1. The Labute approximate surface area is 216 Å². The van der Waals surface area contributed by atoms with Crippen LogP contribution in [0.25, 0.3) is 11.1 Å². The molecule has 4 aromatic rings. The number of benzene rings is 3. The van der Waals surface area contributed by atoms with Gasteiger partial charge in [0.2, 0.25) is 0 Å². The molecule has 0 aliphatic rings. The van der Waals surface area contributed by atoms with Crippen LogP contribution < -0.4 is 9.47 Å². The molecule has 186 valence electrons. The molecule has 0 amide bonds. The van der Waals surface area contributed by atoms with Gasteiger partial charge in [-0.1, -0.05) is 36.4 Å². The zero-order chi connectivity index (χ0) is 25.3. The number of nitrogens with zero attached hydrogens (tertiary/aromatic N) is 1. The number of rotatable bonds is 11. The highest BCUT2D eigenvalue weighted by Crippen LogP contribution is 2.28. The molecular weight excluding hydrogens is 470 g/mol. The Balaban J connectivity index is 1.33. The normalized spacial score (nSPS) is 10.8. The SMILES string of the molecule is COC(=O)CCc1ccc(OCc2cccc(-c3ccc(OCCc4scnc4C)cc3C)c2)cc1. The number of hydrogen-bond donors (Lipinski definition) is 0. The molecule has 0 aliphatic carbocycles. The maximum absolute atomic E-state index is 11.3. The molecule has 3 aromatic carbocycles. The van der Waals surface area contributed by atoms with E-state index in [2.05, 4.69) is 48.3 Å². The van der Waals surface area contributed by atoms with Crippen LogP contribution in [-0.4, -0.2) is 24.7 Å². The number of esters is 1. The Morgan fingerprint density at radius 2 is 1.69 bits per heavy atom. The topological polar surface area (TPSA) is 57.7 Å². The minimum Gasteiger partial charge on any atom is -0.493 e. The smallest absolute Gasteiger partial charge is 0.305 e. The van der Waals surface area contributed by atoms with Crippen molar-refractivity contribution in [3.05, 3.63) is 99.5 Å². The van der Waals surface area contributed by atoms with Gasteiger partial charge in [0.05, 0.1) is 24.9 Å². The first-order valence-electron chi connectivity index (χ1n) is 12.0. The first-order valence-corrected chi connectivity index (χ1v) is 12.9. The maximum atomic E-state index is 11.3. The highest BCUT2D eigenvalue weighted by Gasteiger charge is 2.07. The third-order valence-corrected chi connectivity index (χ3v) is 7.05. The van der Waals surface area contributed by atoms with Crippen LogP contribution >= 0.6 is 11.3 Å². The van der Waals surface area contributed by atoms with Crippen molar-refractivity contribution in [1.29, 1.82) is 0 Å². The largest absolute Gasteiger partial charge is 0.493 e. The average molecular weight is 502 g/mol. The van der Waals surface area contributed by atoms with Crippen LogP contribution in [0.2, 0.25) is 0 Å². The number of aryl methyl sites for hydroxylation is 3. The standard InChI is InChI=1S/C30H31NO4S/c1-21-17-27(34-16-15-29-22(2)31-20-36-29)12-13-28(21)25-6-4-5-24(18-25)19-35-26-10-7-23(8-11-26)9-14-30(32)33-3/h4-8,10-13,17-18,20H,9,14-16,19H2,1-3H3. The highest BCUT2D eigenvalue weighted by atomic mass is 32.1. The molecule has 0 bridgehead atoms. The third kappa shape index (κ3) is 6.95. The second kappa shape index (κ2) is 12.4. The lowest BCUT2D eigenvalue weighted by molar-refractivity contribution is -0.140. The van der Waals surface area contributed by atoms with E-state index in [1.54, 1.807) is 11.3 Å². The molecule has 5 nitrogen and oxygen atoms in total. The van der Waals surface area contributed by atoms with E-state index < -0.39 is 0 Å². The first kappa shape index (κ1) is 25.5. The van der Waals surface area contributed by atoms with Crippen molar-refractivity contribution in [1.82, 2.24) is 4.98 Å². The van der Waals surface area contributed by atoms with Gasteiger partial charge in [0, 0.05) is 17.7 Å². The predicted molar refractivity (Wildman–Crippen MR) is 144 cm³/mol. The van der Waals surface area contributed by atoms with Gasteiger partial charge >= 0.3 is 5.97 Å². The number of thiazole rings is 1. The molecule has 6 heteroatoms. The lowest BCUT2D eigenvalue weighted by Crippen LogP contribution is -2.02. The van der Waals surface area contributed by atoms with Gasteiger partial charge in [0.1, 0.15) is 18.1 Å². The molecule has 0 atom stereocenters. The molecular formula is C30H31NO4S.